The monoisotopic (exact) mass is 285 g/mol. The zero-order chi connectivity index (χ0) is 15.4. The maximum absolute atomic E-state index is 6.30. The van der Waals surface area contributed by atoms with Gasteiger partial charge in [0.15, 0.2) is 0 Å². The van der Waals surface area contributed by atoms with Crippen LogP contribution in [0, 0.1) is 13.8 Å². The first-order valence-corrected chi connectivity index (χ1v) is 7.83. The highest BCUT2D eigenvalue weighted by atomic mass is 15.3. The second-order valence-corrected chi connectivity index (χ2v) is 5.95. The standard InChI is InChI=1S/C18H27N3/c1-5-15-6-8-16(9-7-15)12-17(19)10-11-18-13(2)20-21(4)14(18)3/h6-9,17H,5,10-12,19H2,1-4H3. The molecule has 0 amide bonds. The van der Waals surface area contributed by atoms with Gasteiger partial charge in [-0.2, -0.15) is 5.10 Å². The SMILES string of the molecule is CCc1ccc(CC(N)CCc2c(C)nn(C)c2C)cc1. The van der Waals surface area contributed by atoms with Crippen LogP contribution in [0.5, 0.6) is 0 Å². The molecule has 1 atom stereocenters. The second kappa shape index (κ2) is 6.90. The molecule has 0 aliphatic rings. The largest absolute Gasteiger partial charge is 0.327 e. The summed E-state index contributed by atoms with van der Waals surface area (Å²) in [6.45, 7) is 6.39. The molecular formula is C18H27N3. The van der Waals surface area contributed by atoms with E-state index >= 15 is 0 Å². The van der Waals surface area contributed by atoms with Crippen molar-refractivity contribution in [1.29, 1.82) is 0 Å². The predicted octanol–water partition coefficient (Wildman–Crippen LogP) is 3.10. The predicted molar refractivity (Wildman–Crippen MR) is 88.5 cm³/mol. The van der Waals surface area contributed by atoms with E-state index in [-0.39, 0.29) is 6.04 Å². The molecule has 1 aromatic heterocycles. The molecule has 0 spiro atoms. The van der Waals surface area contributed by atoms with Crippen LogP contribution in [-0.2, 0) is 26.3 Å². The second-order valence-electron chi connectivity index (χ2n) is 5.95. The highest BCUT2D eigenvalue weighted by molar-refractivity contribution is 5.25. The van der Waals surface area contributed by atoms with E-state index in [1.54, 1.807) is 0 Å². The van der Waals surface area contributed by atoms with Crippen LogP contribution in [0.2, 0.25) is 0 Å². The summed E-state index contributed by atoms with van der Waals surface area (Å²) >= 11 is 0. The van der Waals surface area contributed by atoms with Gasteiger partial charge in [0.25, 0.3) is 0 Å². The Kier molecular flexibility index (Phi) is 5.18. The molecule has 2 N–H and O–H groups in total. The lowest BCUT2D eigenvalue weighted by Crippen LogP contribution is -2.23. The van der Waals surface area contributed by atoms with Crippen molar-refractivity contribution in [1.82, 2.24) is 9.78 Å². The van der Waals surface area contributed by atoms with Gasteiger partial charge in [-0.25, -0.2) is 0 Å². The topological polar surface area (TPSA) is 43.8 Å². The summed E-state index contributed by atoms with van der Waals surface area (Å²) in [5, 5.41) is 4.47. The van der Waals surface area contributed by atoms with Gasteiger partial charge < -0.3 is 5.73 Å². The Balaban J connectivity index is 1.90. The minimum Gasteiger partial charge on any atom is -0.327 e. The molecule has 2 aromatic rings. The first kappa shape index (κ1) is 15.8. The average molecular weight is 285 g/mol. The van der Waals surface area contributed by atoms with Crippen LogP contribution in [0.4, 0.5) is 0 Å². The van der Waals surface area contributed by atoms with Gasteiger partial charge in [-0.1, -0.05) is 31.2 Å². The number of hydrogen-bond acceptors (Lipinski definition) is 2. The molecule has 1 aromatic carbocycles. The molecule has 21 heavy (non-hydrogen) atoms. The third-order valence-electron chi connectivity index (χ3n) is 4.35. The fraction of sp³-hybridized carbons (Fsp3) is 0.500. The van der Waals surface area contributed by atoms with E-state index in [1.165, 1.54) is 22.4 Å². The van der Waals surface area contributed by atoms with Crippen molar-refractivity contribution in [3.05, 3.63) is 52.3 Å². The summed E-state index contributed by atoms with van der Waals surface area (Å²) in [5.74, 6) is 0. The number of aryl methyl sites for hydroxylation is 3. The van der Waals surface area contributed by atoms with E-state index in [2.05, 4.69) is 50.1 Å². The zero-order valence-corrected chi connectivity index (χ0v) is 13.7. The third kappa shape index (κ3) is 3.94. The van der Waals surface area contributed by atoms with E-state index in [0.29, 0.717) is 0 Å². The molecule has 1 heterocycles. The van der Waals surface area contributed by atoms with Gasteiger partial charge in [0, 0.05) is 18.8 Å². The van der Waals surface area contributed by atoms with Crippen LogP contribution in [0.1, 0.15) is 41.4 Å². The van der Waals surface area contributed by atoms with Crippen LogP contribution in [0.15, 0.2) is 24.3 Å². The van der Waals surface area contributed by atoms with Gasteiger partial charge in [0.2, 0.25) is 0 Å². The molecule has 0 radical (unpaired) electrons. The third-order valence-corrected chi connectivity index (χ3v) is 4.35. The Labute approximate surface area is 128 Å². The Hall–Kier alpha value is -1.61. The number of hydrogen-bond donors (Lipinski definition) is 1. The highest BCUT2D eigenvalue weighted by Gasteiger charge is 2.11. The molecule has 0 fully saturated rings. The lowest BCUT2D eigenvalue weighted by molar-refractivity contribution is 0.608. The average Bonchev–Trinajstić information content (AvgIpc) is 2.71. The van der Waals surface area contributed by atoms with Gasteiger partial charge in [-0.3, -0.25) is 4.68 Å². The van der Waals surface area contributed by atoms with Crippen LogP contribution in [-0.4, -0.2) is 15.8 Å². The smallest absolute Gasteiger partial charge is 0.0628 e. The minimum atomic E-state index is 0.205. The van der Waals surface area contributed by atoms with E-state index in [0.717, 1.165) is 31.4 Å². The van der Waals surface area contributed by atoms with Crippen molar-refractivity contribution in [3.8, 4) is 0 Å². The van der Waals surface area contributed by atoms with Crippen molar-refractivity contribution in [2.45, 2.75) is 52.5 Å². The maximum atomic E-state index is 6.30. The molecule has 0 aliphatic heterocycles. The Morgan fingerprint density at radius 2 is 1.76 bits per heavy atom. The number of nitrogens with two attached hydrogens (primary N) is 1. The summed E-state index contributed by atoms with van der Waals surface area (Å²) in [6, 6.07) is 9.03. The van der Waals surface area contributed by atoms with Crippen LogP contribution < -0.4 is 5.73 Å². The van der Waals surface area contributed by atoms with Gasteiger partial charge in [-0.15, -0.1) is 0 Å². The fourth-order valence-corrected chi connectivity index (χ4v) is 2.82. The maximum Gasteiger partial charge on any atom is 0.0628 e. The normalized spacial score (nSPS) is 12.6. The molecular weight excluding hydrogens is 258 g/mol. The summed E-state index contributed by atoms with van der Waals surface area (Å²) in [5.41, 5.74) is 12.8. The summed E-state index contributed by atoms with van der Waals surface area (Å²) in [6.07, 6.45) is 4.05. The quantitative estimate of drug-likeness (QED) is 0.886. The van der Waals surface area contributed by atoms with Gasteiger partial charge in [0.1, 0.15) is 0 Å². The molecule has 0 saturated heterocycles. The number of aromatic nitrogens is 2. The van der Waals surface area contributed by atoms with E-state index in [4.69, 9.17) is 5.73 Å². The first-order valence-electron chi connectivity index (χ1n) is 7.83. The van der Waals surface area contributed by atoms with Crippen LogP contribution in [0.25, 0.3) is 0 Å². The zero-order valence-electron chi connectivity index (χ0n) is 13.7. The highest BCUT2D eigenvalue weighted by Crippen LogP contribution is 2.16. The van der Waals surface area contributed by atoms with Gasteiger partial charge in [-0.05, 0) is 56.2 Å². The van der Waals surface area contributed by atoms with Gasteiger partial charge >= 0.3 is 0 Å². The summed E-state index contributed by atoms with van der Waals surface area (Å²) < 4.78 is 1.96. The first-order chi connectivity index (χ1) is 10.0. The summed E-state index contributed by atoms with van der Waals surface area (Å²) in [7, 11) is 2.00. The van der Waals surface area contributed by atoms with Crippen molar-refractivity contribution >= 4 is 0 Å². The Morgan fingerprint density at radius 3 is 2.29 bits per heavy atom. The van der Waals surface area contributed by atoms with Crippen LogP contribution >= 0.6 is 0 Å². The van der Waals surface area contributed by atoms with E-state index in [9.17, 15) is 0 Å². The number of nitrogens with zero attached hydrogens (tertiary/aromatic N) is 2. The molecule has 0 bridgehead atoms. The van der Waals surface area contributed by atoms with Crippen molar-refractivity contribution in [2.75, 3.05) is 0 Å². The Bertz CT molecular complexity index is 581. The number of rotatable bonds is 6. The molecule has 0 saturated carbocycles. The molecule has 3 nitrogen and oxygen atoms in total. The van der Waals surface area contributed by atoms with Crippen molar-refractivity contribution in [2.24, 2.45) is 12.8 Å². The fourth-order valence-electron chi connectivity index (χ4n) is 2.82. The lowest BCUT2D eigenvalue weighted by Gasteiger charge is -2.12. The van der Waals surface area contributed by atoms with Gasteiger partial charge in [0.05, 0.1) is 5.69 Å². The molecule has 114 valence electrons. The molecule has 0 aliphatic carbocycles. The molecule has 1 unspecified atom stereocenters. The minimum absolute atomic E-state index is 0.205. The Morgan fingerprint density at radius 1 is 1.14 bits per heavy atom. The van der Waals surface area contributed by atoms with Crippen molar-refractivity contribution in [3.63, 3.8) is 0 Å². The van der Waals surface area contributed by atoms with Crippen LogP contribution in [0.3, 0.4) is 0 Å². The molecule has 2 rings (SSSR count). The van der Waals surface area contributed by atoms with E-state index in [1.807, 2.05) is 11.7 Å². The lowest BCUT2D eigenvalue weighted by atomic mass is 9.98. The summed E-state index contributed by atoms with van der Waals surface area (Å²) in [4.78, 5) is 0. The van der Waals surface area contributed by atoms with E-state index < -0.39 is 0 Å². The molecule has 3 heteroatoms. The van der Waals surface area contributed by atoms with Crippen molar-refractivity contribution < 1.29 is 0 Å². The number of benzene rings is 1.